The molecule has 1 aliphatic rings. The summed E-state index contributed by atoms with van der Waals surface area (Å²) >= 11 is 10.1. The van der Waals surface area contributed by atoms with Gasteiger partial charge < -0.3 is 19.4 Å². The van der Waals surface area contributed by atoms with E-state index in [4.69, 9.17) is 20.8 Å². The SMILES string of the molecule is Cc1ccccc1C1=CC=CC(COc2cc(O)c(C=O)cc2Cl)(c2nnc(CO)o2)C1Br. The van der Waals surface area contributed by atoms with Gasteiger partial charge in [0, 0.05) is 6.07 Å². The lowest BCUT2D eigenvalue weighted by Crippen LogP contribution is -2.42. The van der Waals surface area contributed by atoms with Crippen molar-refractivity contribution in [1.29, 1.82) is 0 Å². The fraction of sp³-hybridized carbons (Fsp3) is 0.208. The minimum atomic E-state index is -0.963. The van der Waals surface area contributed by atoms with Gasteiger partial charge in [0.15, 0.2) is 6.29 Å². The molecule has 4 rings (SSSR count). The van der Waals surface area contributed by atoms with Crippen molar-refractivity contribution in [3.8, 4) is 11.5 Å². The number of allylic oxidation sites excluding steroid dienone is 3. The third kappa shape index (κ3) is 4.34. The Kier molecular flexibility index (Phi) is 6.69. The van der Waals surface area contributed by atoms with Crippen molar-refractivity contribution in [3.63, 3.8) is 0 Å². The minimum Gasteiger partial charge on any atom is -0.507 e. The average Bonchev–Trinajstić information content (AvgIpc) is 3.31. The molecule has 1 aromatic heterocycles. The molecule has 9 heteroatoms. The first-order valence-corrected chi connectivity index (χ1v) is 11.3. The van der Waals surface area contributed by atoms with Crippen LogP contribution in [0.2, 0.25) is 5.02 Å². The first-order chi connectivity index (χ1) is 15.9. The van der Waals surface area contributed by atoms with Crippen LogP contribution in [0.15, 0.2) is 59.0 Å². The van der Waals surface area contributed by atoms with Crippen LogP contribution < -0.4 is 4.74 Å². The summed E-state index contributed by atoms with van der Waals surface area (Å²) in [5.74, 6) is 0.277. The highest BCUT2D eigenvalue weighted by Gasteiger charge is 2.46. The first-order valence-electron chi connectivity index (χ1n) is 10.0. The van der Waals surface area contributed by atoms with Crippen molar-refractivity contribution in [2.24, 2.45) is 0 Å². The first kappa shape index (κ1) is 23.2. The zero-order valence-electron chi connectivity index (χ0n) is 17.5. The van der Waals surface area contributed by atoms with Gasteiger partial charge in [-0.25, -0.2) is 0 Å². The van der Waals surface area contributed by atoms with E-state index in [1.807, 2.05) is 49.4 Å². The Bertz CT molecular complexity index is 1260. The van der Waals surface area contributed by atoms with Gasteiger partial charge in [-0.15, -0.1) is 10.2 Å². The monoisotopic (exact) mass is 530 g/mol. The summed E-state index contributed by atoms with van der Waals surface area (Å²) in [6.45, 7) is 1.64. The molecule has 0 radical (unpaired) electrons. The number of benzene rings is 2. The molecule has 2 aromatic carbocycles. The number of hydrogen-bond acceptors (Lipinski definition) is 7. The molecule has 33 heavy (non-hydrogen) atoms. The number of phenolic OH excluding ortho intramolecular Hbond substituents is 1. The van der Waals surface area contributed by atoms with Crippen LogP contribution in [-0.4, -0.2) is 38.1 Å². The van der Waals surface area contributed by atoms with E-state index < -0.39 is 12.0 Å². The second kappa shape index (κ2) is 9.51. The maximum atomic E-state index is 11.1. The molecule has 2 unspecified atom stereocenters. The maximum Gasteiger partial charge on any atom is 0.241 e. The number of aliphatic hydroxyl groups excluding tert-OH is 1. The van der Waals surface area contributed by atoms with Crippen molar-refractivity contribution in [2.75, 3.05) is 6.61 Å². The third-order valence-corrected chi connectivity index (χ3v) is 7.13. The van der Waals surface area contributed by atoms with Crippen LogP contribution in [0.25, 0.3) is 5.57 Å². The summed E-state index contributed by atoms with van der Waals surface area (Å²) in [6, 6.07) is 10.6. The van der Waals surface area contributed by atoms with E-state index in [1.165, 1.54) is 12.1 Å². The quantitative estimate of drug-likeness (QED) is 0.334. The fourth-order valence-corrected chi connectivity index (χ4v) is 4.83. The average molecular weight is 532 g/mol. The highest BCUT2D eigenvalue weighted by molar-refractivity contribution is 9.09. The van der Waals surface area contributed by atoms with E-state index in [9.17, 15) is 15.0 Å². The van der Waals surface area contributed by atoms with Gasteiger partial charge in [0.2, 0.25) is 11.8 Å². The molecule has 3 aromatic rings. The van der Waals surface area contributed by atoms with Gasteiger partial charge in [0.05, 0.1) is 15.4 Å². The molecule has 1 aliphatic carbocycles. The van der Waals surface area contributed by atoms with Crippen LogP contribution in [0.4, 0.5) is 0 Å². The smallest absolute Gasteiger partial charge is 0.241 e. The van der Waals surface area contributed by atoms with E-state index >= 15 is 0 Å². The summed E-state index contributed by atoms with van der Waals surface area (Å²) in [7, 11) is 0. The van der Waals surface area contributed by atoms with Crippen LogP contribution >= 0.6 is 27.5 Å². The van der Waals surface area contributed by atoms with Crippen molar-refractivity contribution in [1.82, 2.24) is 10.2 Å². The number of aliphatic hydroxyl groups is 1. The van der Waals surface area contributed by atoms with E-state index in [1.54, 1.807) is 0 Å². The Morgan fingerprint density at radius 3 is 2.79 bits per heavy atom. The minimum absolute atomic E-state index is 0.00922. The lowest BCUT2D eigenvalue weighted by atomic mass is 9.76. The second-order valence-electron chi connectivity index (χ2n) is 7.61. The molecule has 0 bridgehead atoms. The normalized spacial score (nSPS) is 19.9. The zero-order chi connectivity index (χ0) is 23.6. The molecule has 1 heterocycles. The Morgan fingerprint density at radius 1 is 1.30 bits per heavy atom. The summed E-state index contributed by atoms with van der Waals surface area (Å²) < 4.78 is 11.8. The molecular weight excluding hydrogens is 512 g/mol. The van der Waals surface area contributed by atoms with Gasteiger partial charge >= 0.3 is 0 Å². The predicted molar refractivity (Wildman–Crippen MR) is 127 cm³/mol. The van der Waals surface area contributed by atoms with Gasteiger partial charge in [-0.05, 0) is 29.7 Å². The number of nitrogens with zero attached hydrogens (tertiary/aromatic N) is 2. The second-order valence-corrected chi connectivity index (χ2v) is 8.93. The van der Waals surface area contributed by atoms with Gasteiger partial charge in [-0.1, -0.05) is 70.0 Å². The molecule has 2 atom stereocenters. The number of aromatic nitrogens is 2. The van der Waals surface area contributed by atoms with E-state index in [0.717, 1.165) is 16.7 Å². The number of aromatic hydroxyl groups is 1. The number of alkyl halides is 1. The van der Waals surface area contributed by atoms with Crippen LogP contribution in [0.3, 0.4) is 0 Å². The molecule has 0 aliphatic heterocycles. The number of hydrogen-bond donors (Lipinski definition) is 2. The van der Waals surface area contributed by atoms with Crippen molar-refractivity contribution < 1.29 is 24.2 Å². The summed E-state index contributed by atoms with van der Waals surface area (Å²) in [4.78, 5) is 10.7. The number of phenols is 1. The number of rotatable bonds is 7. The standard InChI is InChI=1S/C24H20BrClN2O5/c1-14-5-2-3-6-16(14)17-7-4-8-24(22(17)25,23-28-27-21(12-30)33-23)13-32-20-10-19(31)15(11-29)9-18(20)26/h2-11,22,30-31H,12-13H2,1H3. The Morgan fingerprint density at radius 2 is 2.09 bits per heavy atom. The van der Waals surface area contributed by atoms with Crippen molar-refractivity contribution >= 4 is 39.4 Å². The Balaban J connectivity index is 1.75. The molecule has 0 fully saturated rings. The van der Waals surface area contributed by atoms with Gasteiger partial charge in [-0.3, -0.25) is 4.79 Å². The van der Waals surface area contributed by atoms with Crippen LogP contribution in [0, 0.1) is 6.92 Å². The third-order valence-electron chi connectivity index (χ3n) is 5.53. The molecule has 0 amide bonds. The Hall–Kier alpha value is -2.94. The maximum absolute atomic E-state index is 11.1. The van der Waals surface area contributed by atoms with E-state index in [2.05, 4.69) is 26.1 Å². The number of ether oxygens (including phenoxy) is 1. The topological polar surface area (TPSA) is 106 Å². The lowest BCUT2D eigenvalue weighted by molar-refractivity contribution is 0.112. The van der Waals surface area contributed by atoms with E-state index in [-0.39, 0.29) is 45.3 Å². The number of carbonyl (C=O) groups excluding carboxylic acids is 1. The van der Waals surface area contributed by atoms with Gasteiger partial charge in [0.1, 0.15) is 30.1 Å². The van der Waals surface area contributed by atoms with Gasteiger partial charge in [-0.2, -0.15) is 0 Å². The van der Waals surface area contributed by atoms with Crippen molar-refractivity contribution in [2.45, 2.75) is 23.8 Å². The number of carbonyl (C=O) groups is 1. The van der Waals surface area contributed by atoms with Gasteiger partial charge in [0.25, 0.3) is 0 Å². The largest absolute Gasteiger partial charge is 0.507 e. The molecule has 170 valence electrons. The van der Waals surface area contributed by atoms with Crippen LogP contribution in [-0.2, 0) is 12.0 Å². The van der Waals surface area contributed by atoms with Crippen LogP contribution in [0.1, 0.15) is 33.3 Å². The van der Waals surface area contributed by atoms with Crippen LogP contribution in [0.5, 0.6) is 11.5 Å². The molecule has 0 saturated heterocycles. The molecular formula is C24H20BrClN2O5. The zero-order valence-corrected chi connectivity index (χ0v) is 19.9. The lowest BCUT2D eigenvalue weighted by Gasteiger charge is -2.36. The Labute approximate surface area is 203 Å². The number of aldehydes is 1. The van der Waals surface area contributed by atoms with Crippen molar-refractivity contribution in [3.05, 3.63) is 88.1 Å². The number of halogens is 2. The summed E-state index contributed by atoms with van der Waals surface area (Å²) in [5.41, 5.74) is 2.22. The summed E-state index contributed by atoms with van der Waals surface area (Å²) in [5, 5.41) is 27.8. The highest BCUT2D eigenvalue weighted by Crippen LogP contribution is 2.45. The highest BCUT2D eigenvalue weighted by atomic mass is 79.9. The number of aryl methyl sites for hydroxylation is 1. The predicted octanol–water partition coefficient (Wildman–Crippen LogP) is 4.78. The summed E-state index contributed by atoms with van der Waals surface area (Å²) in [6.07, 6.45) is 6.29. The molecule has 0 spiro atoms. The molecule has 2 N–H and O–H groups in total. The molecule has 7 nitrogen and oxygen atoms in total. The molecule has 0 saturated carbocycles. The fourth-order valence-electron chi connectivity index (χ4n) is 3.72. The van der Waals surface area contributed by atoms with E-state index in [0.29, 0.717) is 6.29 Å².